The summed E-state index contributed by atoms with van der Waals surface area (Å²) in [5.74, 6) is 3.51. The third kappa shape index (κ3) is 7.47. The third-order valence-electron chi connectivity index (χ3n) is 13.0. The van der Waals surface area contributed by atoms with E-state index in [1.54, 1.807) is 42.7 Å². The maximum Gasteiger partial charge on any atom is 0.272 e. The Kier molecular flexibility index (Phi) is 10.7. The largest absolute Gasteiger partial charge is 0.495 e. The van der Waals surface area contributed by atoms with Crippen molar-refractivity contribution in [3.05, 3.63) is 98.0 Å². The van der Waals surface area contributed by atoms with Crippen molar-refractivity contribution in [2.75, 3.05) is 43.1 Å². The van der Waals surface area contributed by atoms with Gasteiger partial charge >= 0.3 is 0 Å². The van der Waals surface area contributed by atoms with Crippen molar-refractivity contribution >= 4 is 46.1 Å². The molecule has 60 heavy (non-hydrogen) atoms. The van der Waals surface area contributed by atoms with Gasteiger partial charge in [-0.05, 0) is 120 Å². The highest BCUT2D eigenvalue weighted by atomic mass is 35.5. The van der Waals surface area contributed by atoms with Crippen LogP contribution in [0.3, 0.4) is 0 Å². The van der Waals surface area contributed by atoms with E-state index in [0.29, 0.717) is 22.8 Å². The van der Waals surface area contributed by atoms with Gasteiger partial charge in [-0.1, -0.05) is 17.7 Å². The van der Waals surface area contributed by atoms with Crippen LogP contribution in [0.2, 0.25) is 5.02 Å². The number of piperidine rings is 1. The number of hydrogen-bond donors (Lipinski definition) is 1. The lowest BCUT2D eigenvalue weighted by atomic mass is 9.77. The van der Waals surface area contributed by atoms with Gasteiger partial charge in [0.2, 0.25) is 0 Å². The van der Waals surface area contributed by atoms with Crippen molar-refractivity contribution < 1.29 is 14.3 Å². The standard InChI is InChI=1S/C45H49ClN10O3S/c1-26-28(3)60-44-40(26)41(48-27(2)42-53-50-29(4)56(42)44)30-7-14-37(35(46)22-30)54-19-16-45(17-20-54)18-21-55(25-45)39-15-13-36(51-52-39)43(57)49-32-8-11-33(12-9-32)59-34-10-6-31(24-47)38(23-34)58-5/h6-7,10,13-15,22-23,27,32-33H,8-9,11-12,16-21,25H2,1-5H3,(H,49,57)/t27-,32?,33?/m0/s1. The highest BCUT2D eigenvalue weighted by molar-refractivity contribution is 7.15. The number of fused-ring (bicyclic) bond motifs is 3. The van der Waals surface area contributed by atoms with E-state index < -0.39 is 0 Å². The van der Waals surface area contributed by atoms with Gasteiger partial charge in [-0.25, -0.2) is 0 Å². The van der Waals surface area contributed by atoms with Crippen molar-refractivity contribution in [2.24, 2.45) is 10.4 Å². The Hall–Kier alpha value is -5.52. The van der Waals surface area contributed by atoms with E-state index in [1.165, 1.54) is 10.4 Å². The maximum absolute atomic E-state index is 13.2. The Morgan fingerprint density at radius 1 is 0.950 bits per heavy atom. The van der Waals surface area contributed by atoms with Gasteiger partial charge in [0, 0.05) is 54.3 Å². The number of rotatable bonds is 8. The van der Waals surface area contributed by atoms with Gasteiger partial charge < -0.3 is 24.6 Å². The molecule has 2 aromatic carbocycles. The van der Waals surface area contributed by atoms with E-state index in [-0.39, 0.29) is 29.5 Å². The van der Waals surface area contributed by atoms with Crippen LogP contribution in [0.5, 0.6) is 11.5 Å². The molecule has 3 fully saturated rings. The molecule has 0 bridgehead atoms. The fourth-order valence-electron chi connectivity index (χ4n) is 9.38. The molecule has 310 valence electrons. The van der Waals surface area contributed by atoms with E-state index >= 15 is 0 Å². The van der Waals surface area contributed by atoms with Crippen molar-refractivity contribution in [1.82, 2.24) is 30.3 Å². The van der Waals surface area contributed by atoms with Crippen LogP contribution >= 0.6 is 22.9 Å². The Morgan fingerprint density at radius 2 is 1.72 bits per heavy atom. The summed E-state index contributed by atoms with van der Waals surface area (Å²) in [6.07, 6.45) is 6.47. The predicted molar refractivity (Wildman–Crippen MR) is 234 cm³/mol. The average Bonchev–Trinajstić information content (AvgIpc) is 3.92. The molecule has 9 rings (SSSR count). The molecule has 3 aromatic heterocycles. The summed E-state index contributed by atoms with van der Waals surface area (Å²) >= 11 is 8.89. The third-order valence-corrected chi connectivity index (χ3v) is 14.5. The number of nitriles is 1. The number of aromatic nitrogens is 5. The Labute approximate surface area is 359 Å². The van der Waals surface area contributed by atoms with Crippen LogP contribution in [-0.2, 0) is 0 Å². The second-order valence-electron chi connectivity index (χ2n) is 16.7. The summed E-state index contributed by atoms with van der Waals surface area (Å²) in [4.78, 5) is 24.4. The van der Waals surface area contributed by atoms with E-state index in [2.05, 4.69) is 85.1 Å². The summed E-state index contributed by atoms with van der Waals surface area (Å²) in [5, 5.41) is 32.0. The van der Waals surface area contributed by atoms with Gasteiger partial charge in [0.15, 0.2) is 17.3 Å². The number of amides is 1. The van der Waals surface area contributed by atoms with E-state index in [4.69, 9.17) is 26.1 Å². The molecular weight excluding hydrogens is 796 g/mol. The summed E-state index contributed by atoms with van der Waals surface area (Å²) < 4.78 is 13.7. The fraction of sp³-hybridized carbons (Fsp3) is 0.444. The molecule has 15 heteroatoms. The number of nitrogens with one attached hydrogen (secondary N) is 1. The Morgan fingerprint density at radius 3 is 2.42 bits per heavy atom. The molecular formula is C45H49ClN10O3S. The predicted octanol–water partition coefficient (Wildman–Crippen LogP) is 8.11. The number of hydrogen-bond acceptors (Lipinski definition) is 12. The number of carbonyl (C=O) groups is 1. The Balaban J connectivity index is 0.783. The lowest BCUT2D eigenvalue weighted by Crippen LogP contribution is -2.42. The molecule has 13 nitrogen and oxygen atoms in total. The van der Waals surface area contributed by atoms with Crippen molar-refractivity contribution in [2.45, 2.75) is 90.8 Å². The first-order valence-electron chi connectivity index (χ1n) is 20.8. The van der Waals surface area contributed by atoms with Crippen molar-refractivity contribution in [3.63, 3.8) is 0 Å². The van der Waals surface area contributed by atoms with E-state index in [1.807, 2.05) is 13.0 Å². The van der Waals surface area contributed by atoms with Crippen LogP contribution in [0.1, 0.15) is 107 Å². The number of anilines is 2. The van der Waals surface area contributed by atoms with Gasteiger partial charge in [-0.15, -0.1) is 31.7 Å². The summed E-state index contributed by atoms with van der Waals surface area (Å²) in [5.41, 5.74) is 6.37. The van der Waals surface area contributed by atoms with Gasteiger partial charge in [0.05, 0.1) is 35.2 Å². The molecule has 1 spiro atoms. The zero-order valence-corrected chi connectivity index (χ0v) is 36.2. The minimum absolute atomic E-state index is 0.0342. The number of ether oxygens (including phenoxy) is 2. The number of halogens is 1. The normalized spacial score (nSPS) is 20.8. The smallest absolute Gasteiger partial charge is 0.272 e. The van der Waals surface area contributed by atoms with Gasteiger partial charge in [0.25, 0.3) is 5.91 Å². The van der Waals surface area contributed by atoms with E-state index in [9.17, 15) is 10.1 Å². The second-order valence-corrected chi connectivity index (χ2v) is 18.3. The highest BCUT2D eigenvalue weighted by Gasteiger charge is 2.41. The molecule has 3 aliphatic heterocycles. The Bertz CT molecular complexity index is 2510. The summed E-state index contributed by atoms with van der Waals surface area (Å²) in [7, 11) is 1.54. The molecule has 1 saturated carbocycles. The number of aliphatic imine (C=N–C) groups is 1. The second kappa shape index (κ2) is 16.2. The number of thiophene rings is 1. The van der Waals surface area contributed by atoms with Crippen LogP contribution in [0, 0.1) is 37.5 Å². The first-order chi connectivity index (χ1) is 29.0. The summed E-state index contributed by atoms with van der Waals surface area (Å²) in [6.45, 7) is 12.1. The van der Waals surface area contributed by atoms with Crippen LogP contribution in [-0.4, -0.2) is 82.0 Å². The number of benzene rings is 2. The first kappa shape index (κ1) is 39.9. The van der Waals surface area contributed by atoms with Crippen LogP contribution < -0.4 is 24.6 Å². The van der Waals surface area contributed by atoms with Gasteiger partial charge in [-0.3, -0.25) is 14.4 Å². The molecule has 1 N–H and O–H groups in total. The van der Waals surface area contributed by atoms with Gasteiger partial charge in [-0.2, -0.15) is 5.26 Å². The monoisotopic (exact) mass is 844 g/mol. The van der Waals surface area contributed by atoms with Crippen LogP contribution in [0.15, 0.2) is 53.5 Å². The fourth-order valence-corrected chi connectivity index (χ4v) is 10.9. The zero-order chi connectivity index (χ0) is 41.7. The molecule has 4 aliphatic rings. The number of methoxy groups -OCH3 is 1. The zero-order valence-electron chi connectivity index (χ0n) is 34.7. The molecule has 1 amide bonds. The van der Waals surface area contributed by atoms with Crippen LogP contribution in [0.25, 0.3) is 5.00 Å². The number of nitrogens with zero attached hydrogens (tertiary/aromatic N) is 9. The maximum atomic E-state index is 13.2. The minimum atomic E-state index is -0.203. The quantitative estimate of drug-likeness (QED) is 0.163. The van der Waals surface area contributed by atoms with E-state index in [0.717, 1.165) is 121 Å². The molecule has 1 aliphatic carbocycles. The van der Waals surface area contributed by atoms with Crippen molar-refractivity contribution in [3.8, 4) is 22.6 Å². The molecule has 6 heterocycles. The highest BCUT2D eigenvalue weighted by Crippen LogP contribution is 2.44. The number of aryl methyl sites for hydroxylation is 2. The topological polar surface area (TPSA) is 147 Å². The van der Waals surface area contributed by atoms with Gasteiger partial charge in [0.1, 0.15) is 34.4 Å². The molecule has 2 saturated heterocycles. The molecule has 1 atom stereocenters. The molecule has 0 unspecified atom stereocenters. The first-order valence-corrected chi connectivity index (χ1v) is 22.0. The van der Waals surface area contributed by atoms with Crippen molar-refractivity contribution in [1.29, 1.82) is 5.26 Å². The number of carbonyl (C=O) groups excluding carboxylic acids is 1. The molecule has 5 aromatic rings. The minimum Gasteiger partial charge on any atom is -0.495 e. The lowest BCUT2D eigenvalue weighted by Gasteiger charge is -2.40. The van der Waals surface area contributed by atoms with Crippen LogP contribution in [0.4, 0.5) is 11.5 Å². The SMILES string of the molecule is COc1cc(OC2CCC(NC(=O)c3ccc(N4CCC5(CCN(c6ccc(C7=N[C@@H](C)c8nnc(C)n8-c8sc(C)c(C)c87)cc6Cl)CC5)C4)nn3)CC2)ccc1C#N. The lowest BCUT2D eigenvalue weighted by molar-refractivity contribution is 0.0888. The summed E-state index contributed by atoms with van der Waals surface area (Å²) in [6, 6.07) is 17.4. The molecule has 0 radical (unpaired) electrons. The average molecular weight is 845 g/mol.